The average Bonchev–Trinajstić information content (AvgIpc) is 3.09. The number of hydrogen-bond acceptors (Lipinski definition) is 6. The molecule has 0 aliphatic carbocycles. The number of amides is 1. The third-order valence-electron chi connectivity index (χ3n) is 4.36. The van der Waals surface area contributed by atoms with Crippen molar-refractivity contribution in [3.63, 3.8) is 0 Å². The van der Waals surface area contributed by atoms with Crippen LogP contribution in [0.15, 0.2) is 24.3 Å². The first-order valence-corrected chi connectivity index (χ1v) is 8.71. The minimum absolute atomic E-state index is 0.153. The Labute approximate surface area is 157 Å². The molecule has 2 N–H and O–H groups in total. The van der Waals surface area contributed by atoms with Gasteiger partial charge in [0.1, 0.15) is 23.2 Å². The van der Waals surface area contributed by atoms with Gasteiger partial charge in [-0.25, -0.2) is 20.0 Å². The SMILES string of the molecule is CC(C)(C)OC(=O)N1CC[C@H](N(N)c2nc(C#N)cc3cccc(F)c23)C1. The maximum atomic E-state index is 14.4. The zero-order valence-electron chi connectivity index (χ0n) is 15.6. The normalized spacial score (nSPS) is 17.0. The lowest BCUT2D eigenvalue weighted by molar-refractivity contribution is 0.0292. The number of nitriles is 1. The van der Waals surface area contributed by atoms with Crippen LogP contribution in [0.25, 0.3) is 10.8 Å². The van der Waals surface area contributed by atoms with Gasteiger partial charge in [0, 0.05) is 13.1 Å². The maximum Gasteiger partial charge on any atom is 0.410 e. The van der Waals surface area contributed by atoms with Crippen LogP contribution in [0.2, 0.25) is 0 Å². The van der Waals surface area contributed by atoms with Gasteiger partial charge in [-0.05, 0) is 44.7 Å². The topological polar surface area (TPSA) is 95.5 Å². The summed E-state index contributed by atoms with van der Waals surface area (Å²) in [5, 5.41) is 11.4. The van der Waals surface area contributed by atoms with Crippen molar-refractivity contribution in [3.8, 4) is 6.07 Å². The van der Waals surface area contributed by atoms with Gasteiger partial charge in [0.25, 0.3) is 0 Å². The monoisotopic (exact) mass is 371 g/mol. The summed E-state index contributed by atoms with van der Waals surface area (Å²) >= 11 is 0. The molecule has 1 atom stereocenters. The van der Waals surface area contributed by atoms with E-state index in [0.717, 1.165) is 0 Å². The van der Waals surface area contributed by atoms with Crippen molar-refractivity contribution in [2.24, 2.45) is 5.84 Å². The number of nitrogens with zero attached hydrogens (tertiary/aromatic N) is 4. The van der Waals surface area contributed by atoms with Crippen LogP contribution in [-0.4, -0.2) is 40.7 Å². The lowest BCUT2D eigenvalue weighted by atomic mass is 10.1. The molecule has 8 heteroatoms. The number of aromatic nitrogens is 1. The van der Waals surface area contributed by atoms with Crippen LogP contribution >= 0.6 is 0 Å². The predicted molar refractivity (Wildman–Crippen MR) is 99.3 cm³/mol. The number of anilines is 1. The number of hydrazine groups is 1. The highest BCUT2D eigenvalue weighted by molar-refractivity contribution is 5.93. The predicted octanol–water partition coefficient (Wildman–Crippen LogP) is 2.94. The van der Waals surface area contributed by atoms with Gasteiger partial charge in [0.15, 0.2) is 5.82 Å². The molecule has 0 radical (unpaired) electrons. The van der Waals surface area contributed by atoms with Gasteiger partial charge in [-0.15, -0.1) is 0 Å². The van der Waals surface area contributed by atoms with Gasteiger partial charge in [-0.1, -0.05) is 12.1 Å². The van der Waals surface area contributed by atoms with E-state index in [0.29, 0.717) is 24.9 Å². The van der Waals surface area contributed by atoms with Crippen molar-refractivity contribution in [2.45, 2.75) is 38.8 Å². The molecule has 1 aromatic heterocycles. The van der Waals surface area contributed by atoms with Crippen LogP contribution in [0.5, 0.6) is 0 Å². The maximum absolute atomic E-state index is 14.4. The van der Waals surface area contributed by atoms with E-state index in [1.807, 2.05) is 6.07 Å². The lowest BCUT2D eigenvalue weighted by Gasteiger charge is -2.27. The van der Waals surface area contributed by atoms with Crippen molar-refractivity contribution in [2.75, 3.05) is 18.1 Å². The number of carbonyl (C=O) groups excluding carboxylic acids is 1. The number of fused-ring (bicyclic) bond motifs is 1. The van der Waals surface area contributed by atoms with Gasteiger partial charge < -0.3 is 9.64 Å². The molecule has 1 fully saturated rings. The smallest absolute Gasteiger partial charge is 0.410 e. The summed E-state index contributed by atoms with van der Waals surface area (Å²) in [6.07, 6.45) is 0.178. The highest BCUT2D eigenvalue weighted by atomic mass is 19.1. The molecule has 3 rings (SSSR count). The molecule has 7 nitrogen and oxygen atoms in total. The lowest BCUT2D eigenvalue weighted by Crippen LogP contribution is -2.45. The summed E-state index contributed by atoms with van der Waals surface area (Å²) in [6.45, 7) is 6.23. The quantitative estimate of drug-likeness (QED) is 0.644. The van der Waals surface area contributed by atoms with Crippen LogP contribution < -0.4 is 10.9 Å². The van der Waals surface area contributed by atoms with E-state index < -0.39 is 17.5 Å². The summed E-state index contributed by atoms with van der Waals surface area (Å²) in [5.41, 5.74) is -0.430. The second kappa shape index (κ2) is 7.00. The number of hydrogen-bond donors (Lipinski definition) is 1. The Hall–Kier alpha value is -2.92. The third-order valence-corrected chi connectivity index (χ3v) is 4.36. The van der Waals surface area contributed by atoms with E-state index in [1.165, 1.54) is 17.1 Å². The van der Waals surface area contributed by atoms with E-state index in [2.05, 4.69) is 4.98 Å². The zero-order valence-corrected chi connectivity index (χ0v) is 15.6. The first-order chi connectivity index (χ1) is 12.7. The van der Waals surface area contributed by atoms with Crippen LogP contribution in [0.4, 0.5) is 15.0 Å². The summed E-state index contributed by atoms with van der Waals surface area (Å²) < 4.78 is 19.8. The Morgan fingerprint density at radius 1 is 1.48 bits per heavy atom. The Morgan fingerprint density at radius 2 is 2.22 bits per heavy atom. The second-order valence-corrected chi connectivity index (χ2v) is 7.56. The van der Waals surface area contributed by atoms with Gasteiger partial charge in [0.05, 0.1) is 11.4 Å². The number of ether oxygens (including phenoxy) is 1. The molecule has 0 unspecified atom stereocenters. The molecule has 1 saturated heterocycles. The van der Waals surface area contributed by atoms with Crippen LogP contribution in [-0.2, 0) is 4.74 Å². The Balaban J connectivity index is 1.88. The summed E-state index contributed by atoms with van der Waals surface area (Å²) in [7, 11) is 0. The molecular weight excluding hydrogens is 349 g/mol. The molecule has 2 aromatic rings. The molecular formula is C19H22FN5O2. The minimum Gasteiger partial charge on any atom is -0.444 e. The van der Waals surface area contributed by atoms with Crippen LogP contribution in [0, 0.1) is 17.1 Å². The molecule has 1 aliphatic rings. The number of likely N-dealkylation sites (tertiary alicyclic amines) is 1. The second-order valence-electron chi connectivity index (χ2n) is 7.56. The highest BCUT2D eigenvalue weighted by Gasteiger charge is 2.33. The summed E-state index contributed by atoms with van der Waals surface area (Å²) in [6, 6.07) is 7.85. The highest BCUT2D eigenvalue weighted by Crippen LogP contribution is 2.30. The van der Waals surface area contributed by atoms with E-state index >= 15 is 0 Å². The Kier molecular flexibility index (Phi) is 4.89. The van der Waals surface area contributed by atoms with Crippen LogP contribution in [0.3, 0.4) is 0 Å². The molecule has 0 bridgehead atoms. The van der Waals surface area contributed by atoms with Gasteiger partial charge in [-0.2, -0.15) is 5.26 Å². The fourth-order valence-corrected chi connectivity index (χ4v) is 3.12. The Morgan fingerprint density at radius 3 is 2.89 bits per heavy atom. The molecule has 0 spiro atoms. The van der Waals surface area contributed by atoms with E-state index in [1.54, 1.807) is 37.8 Å². The fourth-order valence-electron chi connectivity index (χ4n) is 3.12. The largest absolute Gasteiger partial charge is 0.444 e. The van der Waals surface area contributed by atoms with Gasteiger partial charge in [-0.3, -0.25) is 5.01 Å². The van der Waals surface area contributed by atoms with Gasteiger partial charge >= 0.3 is 6.09 Å². The zero-order chi connectivity index (χ0) is 19.8. The van der Waals surface area contributed by atoms with Crippen molar-refractivity contribution >= 4 is 22.7 Å². The van der Waals surface area contributed by atoms with Crippen molar-refractivity contribution < 1.29 is 13.9 Å². The fraction of sp³-hybridized carbons (Fsp3) is 0.421. The number of rotatable bonds is 2. The van der Waals surface area contributed by atoms with Crippen LogP contribution in [0.1, 0.15) is 32.9 Å². The molecule has 142 valence electrons. The number of carbonyl (C=O) groups is 1. The third kappa shape index (κ3) is 3.93. The van der Waals surface area contributed by atoms with E-state index in [9.17, 15) is 14.4 Å². The van der Waals surface area contributed by atoms with E-state index in [-0.39, 0.29) is 22.9 Å². The number of halogens is 1. The number of benzene rings is 1. The Bertz CT molecular complexity index is 919. The first kappa shape index (κ1) is 18.9. The molecule has 1 amide bonds. The summed E-state index contributed by atoms with van der Waals surface area (Å²) in [4.78, 5) is 18.0. The van der Waals surface area contributed by atoms with Crippen molar-refractivity contribution in [3.05, 3.63) is 35.8 Å². The minimum atomic E-state index is -0.584. The number of nitrogens with two attached hydrogens (primary N) is 1. The molecule has 27 heavy (non-hydrogen) atoms. The van der Waals surface area contributed by atoms with E-state index in [4.69, 9.17) is 10.6 Å². The number of pyridine rings is 1. The molecule has 2 heterocycles. The van der Waals surface area contributed by atoms with Gasteiger partial charge in [0.2, 0.25) is 0 Å². The molecule has 0 saturated carbocycles. The average molecular weight is 371 g/mol. The van der Waals surface area contributed by atoms with Crippen molar-refractivity contribution in [1.29, 1.82) is 5.26 Å². The molecule has 1 aliphatic heterocycles. The first-order valence-electron chi connectivity index (χ1n) is 8.71. The standard InChI is InChI=1S/C19H22FN5O2/c1-19(2,3)27-18(26)24-8-7-14(11-24)25(22)17-16-12(5-4-6-15(16)20)9-13(10-21)23-17/h4-6,9,14H,7-8,11,22H2,1-3H3/t14-/m0/s1. The summed E-state index contributed by atoms with van der Waals surface area (Å²) in [5.74, 6) is 6.00. The van der Waals surface area contributed by atoms with Crippen molar-refractivity contribution in [1.82, 2.24) is 9.88 Å². The molecule has 1 aromatic carbocycles.